The fourth-order valence-corrected chi connectivity index (χ4v) is 2.59. The van der Waals surface area contributed by atoms with Crippen LogP contribution in [-0.2, 0) is 15.8 Å². The number of aliphatic hydroxyl groups excluding tert-OH is 1. The van der Waals surface area contributed by atoms with Crippen molar-refractivity contribution in [3.63, 3.8) is 0 Å². The first kappa shape index (κ1) is 16.5. The summed E-state index contributed by atoms with van der Waals surface area (Å²) in [7, 11) is -3.58. The van der Waals surface area contributed by atoms with E-state index in [1.54, 1.807) is 13.8 Å². The molecule has 0 spiro atoms. The topological polar surface area (TPSA) is 110 Å². The molecule has 1 unspecified atom stereocenters. The van der Waals surface area contributed by atoms with Gasteiger partial charge in [-0.05, 0) is 11.5 Å². The van der Waals surface area contributed by atoms with Crippen LogP contribution in [0.25, 0.3) is 0 Å². The molecule has 0 heterocycles. The van der Waals surface area contributed by atoms with E-state index in [-0.39, 0.29) is 23.9 Å². The first-order valence-corrected chi connectivity index (χ1v) is 7.75. The predicted octanol–water partition coefficient (Wildman–Crippen LogP) is 1.03. The van der Waals surface area contributed by atoms with Crippen LogP contribution in [0.3, 0.4) is 0 Å². The van der Waals surface area contributed by atoms with Gasteiger partial charge in [0, 0.05) is 18.7 Å². The van der Waals surface area contributed by atoms with E-state index < -0.39 is 21.1 Å². The Morgan fingerprint density at radius 1 is 1.30 bits per heavy atom. The van der Waals surface area contributed by atoms with Crippen molar-refractivity contribution in [3.05, 3.63) is 39.9 Å². The van der Waals surface area contributed by atoms with Gasteiger partial charge in [0.05, 0.1) is 16.8 Å². The number of nitro benzene ring substituents is 1. The van der Waals surface area contributed by atoms with Crippen molar-refractivity contribution in [2.75, 3.05) is 6.54 Å². The van der Waals surface area contributed by atoms with Crippen molar-refractivity contribution in [1.29, 1.82) is 0 Å². The maximum atomic E-state index is 11.8. The maximum Gasteiger partial charge on any atom is 0.269 e. The molecule has 1 aromatic carbocycles. The third-order valence-corrected chi connectivity index (χ3v) is 4.11. The number of nitrogens with one attached hydrogen (secondary N) is 1. The van der Waals surface area contributed by atoms with E-state index in [0.29, 0.717) is 5.56 Å². The highest BCUT2D eigenvalue weighted by Crippen LogP contribution is 2.13. The zero-order chi connectivity index (χ0) is 15.3. The second kappa shape index (κ2) is 6.78. The summed E-state index contributed by atoms with van der Waals surface area (Å²) in [5.41, 5.74) is 0.358. The quantitative estimate of drug-likeness (QED) is 0.577. The molecule has 0 amide bonds. The summed E-state index contributed by atoms with van der Waals surface area (Å²) in [5, 5.41) is 20.0. The van der Waals surface area contributed by atoms with Crippen molar-refractivity contribution in [3.8, 4) is 0 Å². The normalized spacial score (nSPS) is 13.4. The van der Waals surface area contributed by atoms with Crippen LogP contribution < -0.4 is 4.72 Å². The molecule has 0 aromatic heterocycles. The molecule has 112 valence electrons. The largest absolute Gasteiger partial charge is 0.391 e. The Morgan fingerprint density at radius 3 is 2.30 bits per heavy atom. The lowest BCUT2D eigenvalue weighted by Gasteiger charge is -2.15. The van der Waals surface area contributed by atoms with Crippen molar-refractivity contribution < 1.29 is 18.4 Å². The zero-order valence-corrected chi connectivity index (χ0v) is 12.1. The Morgan fingerprint density at radius 2 is 1.85 bits per heavy atom. The first-order chi connectivity index (χ1) is 9.21. The van der Waals surface area contributed by atoms with Gasteiger partial charge in [0.15, 0.2) is 0 Å². The Labute approximate surface area is 117 Å². The molecule has 0 aliphatic rings. The molecule has 1 rings (SSSR count). The summed E-state index contributed by atoms with van der Waals surface area (Å²) < 4.78 is 25.9. The Bertz CT molecular complexity index is 554. The summed E-state index contributed by atoms with van der Waals surface area (Å²) in [4.78, 5) is 9.94. The van der Waals surface area contributed by atoms with Gasteiger partial charge in [0.2, 0.25) is 10.0 Å². The number of nitrogens with zero attached hydrogens (tertiary/aromatic N) is 1. The Kier molecular flexibility index (Phi) is 5.61. The van der Waals surface area contributed by atoms with Crippen molar-refractivity contribution >= 4 is 15.7 Å². The molecule has 0 aliphatic heterocycles. The van der Waals surface area contributed by atoms with E-state index in [0.717, 1.165) is 0 Å². The summed E-state index contributed by atoms with van der Waals surface area (Å²) >= 11 is 0. The number of aliphatic hydroxyl groups is 1. The monoisotopic (exact) mass is 302 g/mol. The molecule has 0 saturated carbocycles. The summed E-state index contributed by atoms with van der Waals surface area (Å²) in [6.45, 7) is 3.53. The van der Waals surface area contributed by atoms with Gasteiger partial charge in [-0.2, -0.15) is 0 Å². The lowest BCUT2D eigenvalue weighted by Crippen LogP contribution is -2.35. The smallest absolute Gasteiger partial charge is 0.269 e. The zero-order valence-electron chi connectivity index (χ0n) is 11.3. The van der Waals surface area contributed by atoms with E-state index in [1.165, 1.54) is 24.3 Å². The van der Waals surface area contributed by atoms with Crippen molar-refractivity contribution in [1.82, 2.24) is 4.72 Å². The van der Waals surface area contributed by atoms with Gasteiger partial charge in [-0.1, -0.05) is 26.0 Å². The van der Waals surface area contributed by atoms with Gasteiger partial charge >= 0.3 is 0 Å². The molecule has 20 heavy (non-hydrogen) atoms. The minimum Gasteiger partial charge on any atom is -0.391 e. The average molecular weight is 302 g/mol. The minimum absolute atomic E-state index is 0.0444. The Balaban J connectivity index is 2.64. The molecule has 7 nitrogen and oxygen atoms in total. The molecular formula is C12H18N2O5S. The highest BCUT2D eigenvalue weighted by Gasteiger charge is 2.16. The number of hydrogen-bond acceptors (Lipinski definition) is 5. The molecule has 2 N–H and O–H groups in total. The van der Waals surface area contributed by atoms with E-state index in [9.17, 15) is 23.6 Å². The van der Waals surface area contributed by atoms with Crippen LogP contribution in [0.2, 0.25) is 0 Å². The van der Waals surface area contributed by atoms with Crippen LogP contribution in [0.4, 0.5) is 5.69 Å². The van der Waals surface area contributed by atoms with Crippen LogP contribution in [0.1, 0.15) is 19.4 Å². The van der Waals surface area contributed by atoms with Crippen molar-refractivity contribution in [2.24, 2.45) is 5.92 Å². The maximum absolute atomic E-state index is 11.8. The molecule has 8 heteroatoms. The van der Waals surface area contributed by atoms with Gasteiger partial charge in [-0.25, -0.2) is 13.1 Å². The molecule has 0 saturated heterocycles. The van der Waals surface area contributed by atoms with E-state index >= 15 is 0 Å². The van der Waals surface area contributed by atoms with Crippen LogP contribution in [0.15, 0.2) is 24.3 Å². The fourth-order valence-electron chi connectivity index (χ4n) is 1.43. The minimum atomic E-state index is -3.58. The molecule has 1 aromatic rings. The van der Waals surface area contributed by atoms with Crippen LogP contribution in [0.5, 0.6) is 0 Å². The second-order valence-electron chi connectivity index (χ2n) is 4.84. The van der Waals surface area contributed by atoms with Crippen LogP contribution >= 0.6 is 0 Å². The van der Waals surface area contributed by atoms with Gasteiger partial charge in [-0.15, -0.1) is 0 Å². The number of sulfonamides is 1. The number of nitro groups is 1. The van der Waals surface area contributed by atoms with Gasteiger partial charge in [-0.3, -0.25) is 10.1 Å². The summed E-state index contributed by atoms with van der Waals surface area (Å²) in [6.07, 6.45) is -0.748. The molecule has 0 radical (unpaired) electrons. The van der Waals surface area contributed by atoms with Gasteiger partial charge < -0.3 is 5.11 Å². The van der Waals surface area contributed by atoms with E-state index in [1.807, 2.05) is 0 Å². The third kappa shape index (κ3) is 5.24. The van der Waals surface area contributed by atoms with E-state index in [2.05, 4.69) is 4.72 Å². The summed E-state index contributed by atoms with van der Waals surface area (Å²) in [5.74, 6) is -0.326. The molecule has 1 atom stereocenters. The molecule has 0 aliphatic carbocycles. The number of hydrogen-bond donors (Lipinski definition) is 2. The molecule has 0 bridgehead atoms. The lowest BCUT2D eigenvalue weighted by atomic mass is 10.1. The van der Waals surface area contributed by atoms with Gasteiger partial charge in [0.1, 0.15) is 0 Å². The highest BCUT2D eigenvalue weighted by atomic mass is 32.2. The number of benzene rings is 1. The SMILES string of the molecule is CC(C)C(O)CNS(=O)(=O)Cc1ccc([N+](=O)[O-])cc1. The molecular weight excluding hydrogens is 284 g/mol. The number of non-ortho nitro benzene ring substituents is 1. The standard InChI is InChI=1S/C12H18N2O5S/c1-9(2)12(15)7-13-20(18,19)8-10-3-5-11(6-4-10)14(16)17/h3-6,9,12-13,15H,7-8H2,1-2H3. The van der Waals surface area contributed by atoms with E-state index in [4.69, 9.17) is 0 Å². The van der Waals surface area contributed by atoms with Crippen LogP contribution in [0, 0.1) is 16.0 Å². The average Bonchev–Trinajstić information content (AvgIpc) is 2.36. The molecule has 0 fully saturated rings. The lowest BCUT2D eigenvalue weighted by molar-refractivity contribution is -0.384. The second-order valence-corrected chi connectivity index (χ2v) is 6.65. The highest BCUT2D eigenvalue weighted by molar-refractivity contribution is 7.88. The third-order valence-electron chi connectivity index (χ3n) is 2.79. The van der Waals surface area contributed by atoms with Crippen LogP contribution in [-0.4, -0.2) is 31.1 Å². The fraction of sp³-hybridized carbons (Fsp3) is 0.500. The number of rotatable bonds is 7. The van der Waals surface area contributed by atoms with Gasteiger partial charge in [0.25, 0.3) is 5.69 Å². The first-order valence-electron chi connectivity index (χ1n) is 6.10. The van der Waals surface area contributed by atoms with Crippen molar-refractivity contribution in [2.45, 2.75) is 25.7 Å². The summed E-state index contributed by atoms with van der Waals surface area (Å²) in [6, 6.07) is 5.31. The Hall–Kier alpha value is -1.51. The predicted molar refractivity (Wildman–Crippen MR) is 74.6 cm³/mol.